The summed E-state index contributed by atoms with van der Waals surface area (Å²) in [6, 6.07) is 12.8. The summed E-state index contributed by atoms with van der Waals surface area (Å²) in [6.07, 6.45) is 11.3. The van der Waals surface area contributed by atoms with Crippen LogP contribution in [0.25, 0.3) is 30.6 Å². The number of hydrogen-bond acceptors (Lipinski definition) is 24. The molecule has 3 aliphatic rings. The number of carbonyl (C=O) groups is 3. The van der Waals surface area contributed by atoms with E-state index < -0.39 is 27.9 Å². The molecule has 3 amide bonds. The highest BCUT2D eigenvalue weighted by atomic mass is 32.2. The SMILES string of the molecule is Cc1c(C(=O)NCCCN(C)C)sc2ncnc(Nc3ccc(F)cc3O[C@@H]3CCCOC3)c12.Cc1c(C(=O)NCCCN(C)C)sc2ncnc(Nc3ccc(F)cc3O[C@H]3CCCOC3)c12.Cc1c(C(N)=O)sc2ncnc(Nc3ccc(F)cc3O[C@@H]3CCCN(S(C)(=O)=O)C3)c12. The second-order valence-electron chi connectivity index (χ2n) is 24.8. The molecule has 9 heterocycles. The van der Waals surface area contributed by atoms with Crippen molar-refractivity contribution < 1.29 is 59.7 Å². The number of fused-ring (bicyclic) bond motifs is 3. The van der Waals surface area contributed by atoms with Crippen LogP contribution in [0.5, 0.6) is 17.2 Å². The average Bonchev–Trinajstić information content (AvgIpc) is 1.62. The lowest BCUT2D eigenvalue weighted by molar-refractivity contribution is 0.00763. The van der Waals surface area contributed by atoms with Gasteiger partial charge in [0, 0.05) is 51.0 Å². The number of aryl methyl sites for hydroxylation is 3. The first-order chi connectivity index (χ1) is 48.0. The predicted molar refractivity (Wildman–Crippen MR) is 384 cm³/mol. The number of thiophene rings is 3. The van der Waals surface area contributed by atoms with Crippen LogP contribution in [0.3, 0.4) is 0 Å². The van der Waals surface area contributed by atoms with E-state index in [2.05, 4.69) is 66.3 Å². The summed E-state index contributed by atoms with van der Waals surface area (Å²) in [4.78, 5) is 71.2. The van der Waals surface area contributed by atoms with Crippen LogP contribution in [0.2, 0.25) is 0 Å². The molecule has 3 saturated heterocycles. The van der Waals surface area contributed by atoms with Crippen molar-refractivity contribution in [3.8, 4) is 17.2 Å². The number of rotatable bonds is 24. The van der Waals surface area contributed by atoms with Crippen LogP contribution in [-0.4, -0.2) is 189 Å². The molecule has 9 aromatic rings. The van der Waals surface area contributed by atoms with Gasteiger partial charge in [-0.3, -0.25) is 14.4 Å². The minimum atomic E-state index is -3.34. The average molecular weight is 1450 g/mol. The molecule has 25 nitrogen and oxygen atoms in total. The van der Waals surface area contributed by atoms with Crippen molar-refractivity contribution in [3.63, 3.8) is 0 Å². The van der Waals surface area contributed by atoms with Gasteiger partial charge in [-0.05, 0) is 167 Å². The molecule has 7 N–H and O–H groups in total. The topological polar surface area (TPSA) is 305 Å². The molecule has 3 atom stereocenters. The fourth-order valence-corrected chi connectivity index (χ4v) is 15.5. The molecular formula is C68H82F3N15O10S4. The Labute approximate surface area is 589 Å². The lowest BCUT2D eigenvalue weighted by atomic mass is 10.1. The van der Waals surface area contributed by atoms with Crippen molar-refractivity contribution in [2.24, 2.45) is 5.73 Å². The van der Waals surface area contributed by atoms with Crippen molar-refractivity contribution in [2.45, 2.75) is 90.4 Å². The number of anilines is 6. The molecule has 3 aromatic carbocycles. The number of benzene rings is 3. The number of halogens is 3. The molecule has 3 aliphatic heterocycles. The maximum absolute atomic E-state index is 14.0. The van der Waals surface area contributed by atoms with E-state index in [0.29, 0.717) is 132 Å². The second kappa shape index (κ2) is 34.3. The van der Waals surface area contributed by atoms with E-state index in [4.69, 9.17) is 29.4 Å². The summed E-state index contributed by atoms with van der Waals surface area (Å²) in [7, 11) is 4.68. The Morgan fingerprint density at radius 2 is 0.940 bits per heavy atom. The zero-order chi connectivity index (χ0) is 71.2. The fourth-order valence-electron chi connectivity index (χ4n) is 11.4. The van der Waals surface area contributed by atoms with Crippen LogP contribution in [0, 0.1) is 38.2 Å². The van der Waals surface area contributed by atoms with Crippen LogP contribution in [0.15, 0.2) is 73.6 Å². The molecular weight excluding hydrogens is 1370 g/mol. The van der Waals surface area contributed by atoms with Gasteiger partial charge in [-0.2, -0.15) is 4.31 Å². The number of hydrogen-bond donors (Lipinski definition) is 6. The first-order valence-electron chi connectivity index (χ1n) is 32.7. The summed E-state index contributed by atoms with van der Waals surface area (Å²) in [5, 5.41) is 17.8. The van der Waals surface area contributed by atoms with E-state index in [1.807, 2.05) is 42.0 Å². The monoisotopic (exact) mass is 1450 g/mol. The van der Waals surface area contributed by atoms with E-state index in [0.717, 1.165) is 93.0 Å². The Morgan fingerprint density at radius 1 is 0.570 bits per heavy atom. The highest BCUT2D eigenvalue weighted by molar-refractivity contribution is 7.88. The van der Waals surface area contributed by atoms with Gasteiger partial charge in [0.25, 0.3) is 17.7 Å². The highest BCUT2D eigenvalue weighted by Gasteiger charge is 2.30. The fraction of sp³-hybridized carbons (Fsp3) is 0.426. The normalized spacial score (nSPS) is 16.5. The Kier molecular flexibility index (Phi) is 25.4. The molecule has 0 spiro atoms. The Hall–Kier alpha value is -8.47. The highest BCUT2D eigenvalue weighted by Crippen LogP contribution is 2.41. The maximum atomic E-state index is 14.0. The quantitative estimate of drug-likeness (QED) is 0.0306. The smallest absolute Gasteiger partial charge is 0.261 e. The Morgan fingerprint density at radius 3 is 1.30 bits per heavy atom. The number of ether oxygens (including phenoxy) is 5. The zero-order valence-corrected chi connectivity index (χ0v) is 60.1. The third-order valence-electron chi connectivity index (χ3n) is 16.5. The summed E-state index contributed by atoms with van der Waals surface area (Å²) < 4.78 is 96.3. The molecule has 0 bridgehead atoms. The van der Waals surface area contributed by atoms with Gasteiger partial charge in [-0.1, -0.05) is 0 Å². The third-order valence-corrected chi connectivity index (χ3v) is 21.4. The number of nitrogens with two attached hydrogens (primary N) is 1. The van der Waals surface area contributed by atoms with Crippen molar-refractivity contribution in [1.29, 1.82) is 0 Å². The van der Waals surface area contributed by atoms with Crippen molar-refractivity contribution in [1.82, 2.24) is 54.6 Å². The van der Waals surface area contributed by atoms with Gasteiger partial charge in [0.1, 0.15) is 104 Å². The van der Waals surface area contributed by atoms with Crippen LogP contribution in [0.4, 0.5) is 47.7 Å². The van der Waals surface area contributed by atoms with Crippen molar-refractivity contribution in [3.05, 3.63) is 122 Å². The molecule has 0 unspecified atom stereocenters. The summed E-state index contributed by atoms with van der Waals surface area (Å²) in [5.74, 6) is 0.504. The van der Waals surface area contributed by atoms with E-state index in [9.17, 15) is 36.0 Å². The summed E-state index contributed by atoms with van der Waals surface area (Å²) in [5.41, 5.74) is 9.36. The molecule has 534 valence electrons. The van der Waals surface area contributed by atoms with Crippen LogP contribution < -0.4 is 46.5 Å². The molecule has 6 aromatic heterocycles. The standard InChI is InChI=1S/2C24H30FN5O3S.C20H22FN5O4S2/c2*1-15-20-22(27-14-28-24(20)34-21(15)23(31)26-9-5-10-30(2)3)29-18-8-7-16(25)12-19(18)33-17-6-4-11-32-13-17;1-11-16-19(23-10-24-20(16)31-17(11)18(22)27)25-14-6-5-12(21)8-15(14)30-13-4-3-7-26(9-13)32(2,28)29/h2*7-8,12,14,17H,4-6,9-11,13H2,1-3H3,(H,26,31)(H,27,28,29);5-6,8,10,13H,3-4,7,9H2,1-2H3,(H2,22,27)(H,23,24,25)/t2*17-;13-/m101/s1. The largest absolute Gasteiger partial charge is 0.487 e. The number of primary amides is 1. The molecule has 100 heavy (non-hydrogen) atoms. The molecule has 12 rings (SSSR count). The van der Waals surface area contributed by atoms with Gasteiger partial charge in [0.2, 0.25) is 10.0 Å². The number of amides is 3. The lowest BCUT2D eigenvalue weighted by Gasteiger charge is -2.31. The number of sulfonamides is 1. The maximum Gasteiger partial charge on any atom is 0.261 e. The van der Waals surface area contributed by atoms with Crippen LogP contribution in [0.1, 0.15) is 97.1 Å². The summed E-state index contributed by atoms with van der Waals surface area (Å²) in [6.45, 7) is 11.6. The first kappa shape index (κ1) is 74.2. The Balaban J connectivity index is 0.000000162. The number of piperidine rings is 1. The number of aromatic nitrogens is 6. The molecule has 0 aliphatic carbocycles. The van der Waals surface area contributed by atoms with E-state index in [-0.39, 0.29) is 48.0 Å². The van der Waals surface area contributed by atoms with Gasteiger partial charge in [-0.15, -0.1) is 34.0 Å². The van der Waals surface area contributed by atoms with E-state index in [1.165, 1.54) is 99.8 Å². The van der Waals surface area contributed by atoms with Crippen LogP contribution in [-0.2, 0) is 19.5 Å². The predicted octanol–water partition coefficient (Wildman–Crippen LogP) is 11.0. The van der Waals surface area contributed by atoms with Gasteiger partial charge in [0.15, 0.2) is 0 Å². The van der Waals surface area contributed by atoms with Gasteiger partial charge >= 0.3 is 0 Å². The molecule has 32 heteroatoms. The molecule has 0 saturated carbocycles. The van der Waals surface area contributed by atoms with Crippen molar-refractivity contribution in [2.75, 3.05) is 116 Å². The summed E-state index contributed by atoms with van der Waals surface area (Å²) >= 11 is 3.84. The van der Waals surface area contributed by atoms with E-state index >= 15 is 0 Å². The minimum absolute atomic E-state index is 0.117. The minimum Gasteiger partial charge on any atom is -0.487 e. The van der Waals surface area contributed by atoms with Crippen molar-refractivity contribution >= 4 is 127 Å². The van der Waals surface area contributed by atoms with Gasteiger partial charge in [0.05, 0.1) is 73.9 Å². The van der Waals surface area contributed by atoms with Gasteiger partial charge < -0.3 is 65.8 Å². The van der Waals surface area contributed by atoms with E-state index in [1.54, 1.807) is 19.1 Å². The Bertz CT molecular complexity index is 4290. The first-order valence-corrected chi connectivity index (χ1v) is 37.0. The molecule has 3 fully saturated rings. The lowest BCUT2D eigenvalue weighted by Crippen LogP contribution is -2.43. The third kappa shape index (κ3) is 19.3. The zero-order valence-electron chi connectivity index (χ0n) is 56.8. The second-order valence-corrected chi connectivity index (χ2v) is 29.8. The number of nitrogens with zero attached hydrogens (tertiary/aromatic N) is 9. The van der Waals surface area contributed by atoms with Gasteiger partial charge in [-0.25, -0.2) is 51.5 Å². The number of nitrogens with one attached hydrogen (secondary N) is 5. The molecule has 0 radical (unpaired) electrons. The number of carbonyl (C=O) groups excluding carboxylic acids is 3. The van der Waals surface area contributed by atoms with Crippen LogP contribution >= 0.6 is 34.0 Å².